The van der Waals surface area contributed by atoms with E-state index in [-0.39, 0.29) is 37.6 Å². The van der Waals surface area contributed by atoms with Gasteiger partial charge in [0.2, 0.25) is 0 Å². The highest BCUT2D eigenvalue weighted by molar-refractivity contribution is 5.93. The zero-order chi connectivity index (χ0) is 17.7. The Morgan fingerprint density at radius 1 is 1.38 bits per heavy atom. The number of carbonyl (C=O) groups is 1. The maximum atomic E-state index is 12.8. The topological polar surface area (TPSA) is 81.1 Å². The van der Waals surface area contributed by atoms with Crippen LogP contribution >= 0.6 is 0 Å². The van der Waals surface area contributed by atoms with E-state index in [2.05, 4.69) is 18.8 Å². The van der Waals surface area contributed by atoms with Crippen molar-refractivity contribution in [2.24, 2.45) is 5.92 Å². The van der Waals surface area contributed by atoms with Crippen molar-refractivity contribution in [2.45, 2.75) is 38.3 Å². The van der Waals surface area contributed by atoms with Crippen molar-refractivity contribution in [1.29, 1.82) is 0 Å². The van der Waals surface area contributed by atoms with Crippen LogP contribution in [0, 0.1) is 5.92 Å². The Kier molecular flexibility index (Phi) is 6.15. The number of aromatic nitrogens is 1. The first-order valence-corrected chi connectivity index (χ1v) is 8.01. The third-order valence-corrected chi connectivity index (χ3v) is 4.18. The molecular weight excluding hydrogens is 312 g/mol. The summed E-state index contributed by atoms with van der Waals surface area (Å²) in [6.45, 7) is 4.44. The summed E-state index contributed by atoms with van der Waals surface area (Å²) >= 11 is 0. The van der Waals surface area contributed by atoms with Crippen molar-refractivity contribution in [3.8, 4) is 5.75 Å². The zero-order valence-corrected chi connectivity index (χ0v) is 14.7. The lowest BCUT2D eigenvalue weighted by Gasteiger charge is -2.55. The van der Waals surface area contributed by atoms with E-state index in [1.165, 1.54) is 19.4 Å². The minimum absolute atomic E-state index is 0.0139. The standard InChI is InChI=1S/C17H26N2O5/c1-12(2)7-15-17(24-11-23-4,16(21)19(15)10-22-3)9-13-8-14(20)5-6-18-13/h5-6,8,12,15H,7,9-11H2,1-4H3,(H,18,20)/t15-,17?/m0/s1. The van der Waals surface area contributed by atoms with Gasteiger partial charge in [-0.1, -0.05) is 13.8 Å². The van der Waals surface area contributed by atoms with Gasteiger partial charge in [-0.25, -0.2) is 0 Å². The normalized spacial score (nSPS) is 23.6. The van der Waals surface area contributed by atoms with E-state index in [4.69, 9.17) is 14.2 Å². The second-order valence-electron chi connectivity index (χ2n) is 6.46. The van der Waals surface area contributed by atoms with Gasteiger partial charge >= 0.3 is 0 Å². The summed E-state index contributed by atoms with van der Waals surface area (Å²) in [5, 5.41) is 9.67. The quantitative estimate of drug-likeness (QED) is 0.543. The molecule has 1 unspecified atom stereocenters. The monoisotopic (exact) mass is 338 g/mol. The zero-order valence-electron chi connectivity index (χ0n) is 14.7. The molecule has 0 aliphatic carbocycles. The summed E-state index contributed by atoms with van der Waals surface area (Å²) in [6.07, 6.45) is 2.57. The van der Waals surface area contributed by atoms with Crippen LogP contribution in [0.2, 0.25) is 0 Å². The number of hydrogen-bond acceptors (Lipinski definition) is 6. The largest absolute Gasteiger partial charge is 0.508 e. The van der Waals surface area contributed by atoms with Crippen LogP contribution in [-0.4, -0.2) is 60.3 Å². The minimum atomic E-state index is -1.04. The molecule has 2 rings (SSSR count). The number of methoxy groups -OCH3 is 2. The van der Waals surface area contributed by atoms with E-state index in [0.29, 0.717) is 11.6 Å². The molecule has 0 bridgehead atoms. The Balaban J connectivity index is 2.31. The minimum Gasteiger partial charge on any atom is -0.508 e. The van der Waals surface area contributed by atoms with Gasteiger partial charge < -0.3 is 24.2 Å². The maximum Gasteiger partial charge on any atom is 0.259 e. The number of rotatable bonds is 9. The molecule has 24 heavy (non-hydrogen) atoms. The summed E-state index contributed by atoms with van der Waals surface area (Å²) in [6, 6.07) is 2.91. The first-order chi connectivity index (χ1) is 11.4. The Bertz CT molecular complexity index is 566. The molecular formula is C17H26N2O5. The first-order valence-electron chi connectivity index (χ1n) is 8.01. The lowest BCUT2D eigenvalue weighted by molar-refractivity contribution is -0.235. The van der Waals surface area contributed by atoms with E-state index in [0.717, 1.165) is 6.42 Å². The van der Waals surface area contributed by atoms with Gasteiger partial charge in [-0.05, 0) is 18.4 Å². The van der Waals surface area contributed by atoms with Gasteiger partial charge in [0.1, 0.15) is 19.3 Å². The number of amides is 1. The predicted molar refractivity (Wildman–Crippen MR) is 87.3 cm³/mol. The highest BCUT2D eigenvalue weighted by Gasteiger charge is 2.61. The summed E-state index contributed by atoms with van der Waals surface area (Å²) in [5.74, 6) is 0.352. The molecule has 134 valence electrons. The van der Waals surface area contributed by atoms with Crippen LogP contribution in [0.25, 0.3) is 0 Å². The van der Waals surface area contributed by atoms with Gasteiger partial charge in [0.05, 0.1) is 6.04 Å². The van der Waals surface area contributed by atoms with Crippen LogP contribution < -0.4 is 0 Å². The molecule has 1 saturated heterocycles. The molecule has 1 fully saturated rings. The Labute approximate surface area is 142 Å². The summed E-state index contributed by atoms with van der Waals surface area (Å²) < 4.78 is 16.1. The van der Waals surface area contributed by atoms with Crippen LogP contribution in [0.5, 0.6) is 5.75 Å². The predicted octanol–water partition coefficient (Wildman–Crippen LogP) is 1.55. The fourth-order valence-corrected chi connectivity index (χ4v) is 3.16. The number of nitrogens with zero attached hydrogens (tertiary/aromatic N) is 2. The van der Waals surface area contributed by atoms with Gasteiger partial charge in [0.25, 0.3) is 5.91 Å². The van der Waals surface area contributed by atoms with Crippen LogP contribution in [0.1, 0.15) is 26.0 Å². The molecule has 0 saturated carbocycles. The molecule has 0 radical (unpaired) electrons. The van der Waals surface area contributed by atoms with Crippen LogP contribution in [0.3, 0.4) is 0 Å². The average Bonchev–Trinajstić information content (AvgIpc) is 2.54. The maximum absolute atomic E-state index is 12.8. The van der Waals surface area contributed by atoms with E-state index in [1.807, 2.05) is 0 Å². The highest BCUT2D eigenvalue weighted by atomic mass is 16.7. The molecule has 1 aromatic rings. The molecule has 2 heterocycles. The van der Waals surface area contributed by atoms with Crippen LogP contribution in [-0.2, 0) is 25.4 Å². The summed E-state index contributed by atoms with van der Waals surface area (Å²) in [5.41, 5.74) is -0.440. The number of ether oxygens (including phenoxy) is 3. The van der Waals surface area contributed by atoms with Crippen LogP contribution in [0.4, 0.5) is 0 Å². The van der Waals surface area contributed by atoms with E-state index < -0.39 is 5.60 Å². The molecule has 1 N–H and O–H groups in total. The molecule has 1 aliphatic rings. The second kappa shape index (κ2) is 7.92. The summed E-state index contributed by atoms with van der Waals surface area (Å²) in [7, 11) is 3.08. The van der Waals surface area contributed by atoms with Crippen LogP contribution in [0.15, 0.2) is 18.3 Å². The number of pyridine rings is 1. The Hall–Kier alpha value is -1.70. The number of hydrogen-bond donors (Lipinski definition) is 1. The lowest BCUT2D eigenvalue weighted by atomic mass is 9.75. The Morgan fingerprint density at radius 3 is 2.71 bits per heavy atom. The fraction of sp³-hybridized carbons (Fsp3) is 0.647. The number of aromatic hydroxyl groups is 1. The number of carbonyl (C=O) groups excluding carboxylic acids is 1. The molecule has 7 heteroatoms. The van der Waals surface area contributed by atoms with E-state index in [1.54, 1.807) is 18.1 Å². The van der Waals surface area contributed by atoms with Crippen molar-refractivity contribution in [2.75, 3.05) is 27.7 Å². The van der Waals surface area contributed by atoms with Crippen molar-refractivity contribution >= 4 is 5.91 Å². The van der Waals surface area contributed by atoms with Crippen molar-refractivity contribution < 1.29 is 24.1 Å². The van der Waals surface area contributed by atoms with Gasteiger partial charge in [0, 0.05) is 38.6 Å². The smallest absolute Gasteiger partial charge is 0.259 e. The van der Waals surface area contributed by atoms with E-state index in [9.17, 15) is 9.90 Å². The third-order valence-electron chi connectivity index (χ3n) is 4.18. The SMILES string of the molecule is COCOC1(Cc2cc(O)ccn2)C(=O)N(COC)[C@H]1CC(C)C. The highest BCUT2D eigenvalue weighted by Crippen LogP contribution is 2.40. The number of β-lactam (4-membered cyclic amide) rings is 1. The van der Waals surface area contributed by atoms with Gasteiger partial charge in [0.15, 0.2) is 5.60 Å². The molecule has 1 aliphatic heterocycles. The molecule has 1 aromatic heterocycles. The Morgan fingerprint density at radius 2 is 2.12 bits per heavy atom. The second-order valence-corrected chi connectivity index (χ2v) is 6.46. The fourth-order valence-electron chi connectivity index (χ4n) is 3.16. The molecule has 7 nitrogen and oxygen atoms in total. The first kappa shape index (κ1) is 18.6. The average molecular weight is 338 g/mol. The lowest BCUT2D eigenvalue weighted by Crippen LogP contribution is -2.76. The molecule has 2 atom stereocenters. The van der Waals surface area contributed by atoms with Gasteiger partial charge in [-0.2, -0.15) is 0 Å². The van der Waals surface area contributed by atoms with Gasteiger partial charge in [-0.15, -0.1) is 0 Å². The molecule has 1 amide bonds. The molecule has 0 spiro atoms. The third kappa shape index (κ3) is 3.68. The number of likely N-dealkylation sites (tertiary alicyclic amines) is 1. The van der Waals surface area contributed by atoms with Crippen molar-refractivity contribution in [1.82, 2.24) is 9.88 Å². The van der Waals surface area contributed by atoms with Crippen molar-refractivity contribution in [3.05, 3.63) is 24.0 Å². The van der Waals surface area contributed by atoms with Crippen molar-refractivity contribution in [3.63, 3.8) is 0 Å². The molecule has 0 aromatic carbocycles. The summed E-state index contributed by atoms with van der Waals surface area (Å²) in [4.78, 5) is 18.8. The van der Waals surface area contributed by atoms with Gasteiger partial charge in [-0.3, -0.25) is 9.78 Å². The van der Waals surface area contributed by atoms with E-state index >= 15 is 0 Å².